The van der Waals surface area contributed by atoms with Gasteiger partial charge in [0.1, 0.15) is 4.90 Å². The molecule has 0 saturated carbocycles. The van der Waals surface area contributed by atoms with Crippen LogP contribution in [0.1, 0.15) is 20.7 Å². The first kappa shape index (κ1) is 15.7. The van der Waals surface area contributed by atoms with Crippen LogP contribution in [0.25, 0.3) is 11.1 Å². The van der Waals surface area contributed by atoms with Crippen molar-refractivity contribution in [1.29, 1.82) is 0 Å². The van der Waals surface area contributed by atoms with Crippen molar-refractivity contribution in [3.8, 4) is 11.1 Å². The molecular formula is C14H10O7S. The molecule has 0 saturated heterocycles. The third-order valence-electron chi connectivity index (χ3n) is 2.96. The number of rotatable bonds is 4. The van der Waals surface area contributed by atoms with E-state index in [-0.39, 0.29) is 16.7 Å². The fourth-order valence-corrected chi connectivity index (χ4v) is 2.82. The topological polar surface area (TPSA) is 129 Å². The summed E-state index contributed by atoms with van der Waals surface area (Å²) in [4.78, 5) is 21.9. The summed E-state index contributed by atoms with van der Waals surface area (Å²) in [5.41, 5.74) is -1.18. The minimum atomic E-state index is -4.74. The average Bonchev–Trinajstić information content (AvgIpc) is 2.45. The molecular weight excluding hydrogens is 312 g/mol. The summed E-state index contributed by atoms with van der Waals surface area (Å²) in [6, 6.07) is 8.64. The lowest BCUT2D eigenvalue weighted by molar-refractivity contribution is 0.0684. The van der Waals surface area contributed by atoms with Crippen LogP contribution in [0.15, 0.2) is 47.4 Å². The number of aromatic carboxylic acids is 2. The first-order valence-corrected chi connectivity index (χ1v) is 7.34. The molecule has 7 nitrogen and oxygen atoms in total. The van der Waals surface area contributed by atoms with Gasteiger partial charge in [-0.25, -0.2) is 9.59 Å². The van der Waals surface area contributed by atoms with E-state index < -0.39 is 32.5 Å². The summed E-state index contributed by atoms with van der Waals surface area (Å²) in [7, 11) is -4.74. The van der Waals surface area contributed by atoms with E-state index >= 15 is 0 Å². The molecule has 0 bridgehead atoms. The van der Waals surface area contributed by atoms with Crippen LogP contribution in [0.5, 0.6) is 0 Å². The van der Waals surface area contributed by atoms with Crippen LogP contribution in [0, 0.1) is 0 Å². The summed E-state index contributed by atoms with van der Waals surface area (Å²) in [5, 5.41) is 18.4. The predicted molar refractivity (Wildman–Crippen MR) is 75.6 cm³/mol. The fraction of sp³-hybridized carbons (Fsp3) is 0. The Morgan fingerprint density at radius 2 is 1.36 bits per heavy atom. The highest BCUT2D eigenvalue weighted by Gasteiger charge is 2.25. The SMILES string of the molecule is O=C(O)c1ccccc1-c1c(C(=O)O)cccc1S(=O)(=O)O. The van der Waals surface area contributed by atoms with Gasteiger partial charge in [-0.1, -0.05) is 24.3 Å². The Bertz CT molecular complexity index is 869. The molecule has 22 heavy (non-hydrogen) atoms. The molecule has 0 unspecified atom stereocenters. The van der Waals surface area contributed by atoms with Crippen molar-refractivity contribution in [2.24, 2.45) is 0 Å². The van der Waals surface area contributed by atoms with Crippen molar-refractivity contribution in [2.45, 2.75) is 4.90 Å². The molecule has 2 aromatic rings. The summed E-state index contributed by atoms with van der Waals surface area (Å²) < 4.78 is 32.3. The maximum absolute atomic E-state index is 11.5. The molecule has 0 atom stereocenters. The van der Waals surface area contributed by atoms with Gasteiger partial charge in [0, 0.05) is 5.56 Å². The molecule has 0 aliphatic carbocycles. The normalized spacial score (nSPS) is 11.1. The molecule has 0 fully saturated rings. The van der Waals surface area contributed by atoms with Gasteiger partial charge in [0.15, 0.2) is 0 Å². The first-order chi connectivity index (χ1) is 10.2. The highest BCUT2D eigenvalue weighted by Crippen LogP contribution is 2.33. The van der Waals surface area contributed by atoms with Crippen LogP contribution < -0.4 is 0 Å². The van der Waals surface area contributed by atoms with E-state index in [4.69, 9.17) is 0 Å². The summed E-state index contributed by atoms with van der Waals surface area (Å²) >= 11 is 0. The number of benzene rings is 2. The number of carboxylic acid groups (broad SMARTS) is 2. The van der Waals surface area contributed by atoms with Crippen molar-refractivity contribution < 1.29 is 32.8 Å². The number of hydrogen-bond donors (Lipinski definition) is 3. The van der Waals surface area contributed by atoms with Gasteiger partial charge in [0.05, 0.1) is 11.1 Å². The molecule has 0 radical (unpaired) electrons. The largest absolute Gasteiger partial charge is 0.478 e. The van der Waals surface area contributed by atoms with Gasteiger partial charge in [-0.15, -0.1) is 0 Å². The van der Waals surface area contributed by atoms with Crippen molar-refractivity contribution in [1.82, 2.24) is 0 Å². The lowest BCUT2D eigenvalue weighted by Crippen LogP contribution is -2.09. The van der Waals surface area contributed by atoms with Crippen molar-refractivity contribution in [3.63, 3.8) is 0 Å². The van der Waals surface area contributed by atoms with Crippen LogP contribution in [-0.2, 0) is 10.1 Å². The number of hydrogen-bond acceptors (Lipinski definition) is 4. The van der Waals surface area contributed by atoms with Crippen LogP contribution in [0.3, 0.4) is 0 Å². The molecule has 2 rings (SSSR count). The van der Waals surface area contributed by atoms with Crippen molar-refractivity contribution in [3.05, 3.63) is 53.6 Å². The Morgan fingerprint density at radius 1 is 0.818 bits per heavy atom. The van der Waals surface area contributed by atoms with E-state index in [0.29, 0.717) is 0 Å². The quantitative estimate of drug-likeness (QED) is 0.734. The third-order valence-corrected chi connectivity index (χ3v) is 3.86. The minimum absolute atomic E-state index is 0.111. The Balaban J connectivity index is 2.97. The van der Waals surface area contributed by atoms with Crippen molar-refractivity contribution >= 4 is 22.1 Å². The van der Waals surface area contributed by atoms with Gasteiger partial charge >= 0.3 is 11.9 Å². The smallest absolute Gasteiger partial charge is 0.336 e. The van der Waals surface area contributed by atoms with Gasteiger partial charge in [0.25, 0.3) is 10.1 Å². The Kier molecular flexibility index (Phi) is 3.98. The maximum Gasteiger partial charge on any atom is 0.336 e. The van der Waals surface area contributed by atoms with Crippen LogP contribution >= 0.6 is 0 Å². The van der Waals surface area contributed by atoms with E-state index in [1.54, 1.807) is 0 Å². The van der Waals surface area contributed by atoms with Crippen molar-refractivity contribution in [2.75, 3.05) is 0 Å². The molecule has 8 heteroatoms. The van der Waals surface area contributed by atoms with E-state index in [0.717, 1.165) is 18.2 Å². The van der Waals surface area contributed by atoms with E-state index in [9.17, 15) is 32.8 Å². The molecule has 0 aliphatic heterocycles. The summed E-state index contributed by atoms with van der Waals surface area (Å²) in [6.07, 6.45) is 0. The average molecular weight is 322 g/mol. The minimum Gasteiger partial charge on any atom is -0.478 e. The van der Waals surface area contributed by atoms with Gasteiger partial charge in [-0.05, 0) is 23.8 Å². The van der Waals surface area contributed by atoms with E-state index in [1.165, 1.54) is 24.3 Å². The standard InChI is InChI=1S/C14H10O7S/c15-13(16)9-5-2-1-4-8(9)12-10(14(17)18)6-3-7-11(12)22(19,20)21/h1-7H,(H,15,16)(H,17,18)(H,19,20,21). The van der Waals surface area contributed by atoms with Gasteiger partial charge in [-0.3, -0.25) is 4.55 Å². The first-order valence-electron chi connectivity index (χ1n) is 5.90. The highest BCUT2D eigenvalue weighted by atomic mass is 32.2. The molecule has 114 valence electrons. The highest BCUT2D eigenvalue weighted by molar-refractivity contribution is 7.86. The molecule has 0 spiro atoms. The van der Waals surface area contributed by atoms with Gasteiger partial charge in [0.2, 0.25) is 0 Å². The summed E-state index contributed by atoms with van der Waals surface area (Å²) in [6.45, 7) is 0. The molecule has 3 N–H and O–H groups in total. The predicted octanol–water partition coefficient (Wildman–Crippen LogP) is 2.00. The van der Waals surface area contributed by atoms with Crippen LogP contribution in [-0.4, -0.2) is 35.1 Å². The lowest BCUT2D eigenvalue weighted by atomic mass is 9.95. The maximum atomic E-state index is 11.5. The second kappa shape index (κ2) is 5.58. The second-order valence-electron chi connectivity index (χ2n) is 4.31. The number of carboxylic acids is 2. The zero-order valence-electron chi connectivity index (χ0n) is 10.9. The second-order valence-corrected chi connectivity index (χ2v) is 5.70. The van der Waals surface area contributed by atoms with Crippen LogP contribution in [0.4, 0.5) is 0 Å². The lowest BCUT2D eigenvalue weighted by Gasteiger charge is -2.13. The molecule has 0 heterocycles. The van der Waals surface area contributed by atoms with E-state index in [1.807, 2.05) is 0 Å². The fourth-order valence-electron chi connectivity index (χ4n) is 2.09. The molecule has 0 aromatic heterocycles. The van der Waals surface area contributed by atoms with Crippen LogP contribution in [0.2, 0.25) is 0 Å². The Labute approximate surface area is 125 Å². The van der Waals surface area contributed by atoms with E-state index in [2.05, 4.69) is 0 Å². The zero-order chi connectivity index (χ0) is 16.5. The Morgan fingerprint density at radius 3 is 1.91 bits per heavy atom. The monoisotopic (exact) mass is 322 g/mol. The van der Waals surface area contributed by atoms with Gasteiger partial charge < -0.3 is 10.2 Å². The summed E-state index contributed by atoms with van der Waals surface area (Å²) in [5.74, 6) is -2.79. The molecule has 0 amide bonds. The number of carbonyl (C=O) groups is 2. The third kappa shape index (κ3) is 2.83. The zero-order valence-corrected chi connectivity index (χ0v) is 11.7. The molecule has 0 aliphatic rings. The van der Waals surface area contributed by atoms with Gasteiger partial charge in [-0.2, -0.15) is 8.42 Å². The molecule has 2 aromatic carbocycles. The Hall–Kier alpha value is -2.71.